The number of amides is 2. The molecule has 0 spiro atoms. The largest absolute Gasteiger partial charge is 0.373 e. The first-order valence-electron chi connectivity index (χ1n) is 7.07. The summed E-state index contributed by atoms with van der Waals surface area (Å²) in [6.07, 6.45) is 2.89. The Morgan fingerprint density at radius 2 is 2.39 bits per heavy atom. The van der Waals surface area contributed by atoms with Gasteiger partial charge in [0.25, 0.3) is 0 Å². The minimum Gasteiger partial charge on any atom is -0.373 e. The van der Waals surface area contributed by atoms with Gasteiger partial charge in [-0.2, -0.15) is 5.10 Å². The van der Waals surface area contributed by atoms with E-state index in [1.54, 1.807) is 15.9 Å². The number of hydrogen-bond acceptors (Lipinski definition) is 4. The summed E-state index contributed by atoms with van der Waals surface area (Å²) >= 11 is 5.71. The molecular weight excluding hydrogens is 325 g/mol. The molecule has 2 aromatic rings. The standard InChI is InChI=1S/C14H15ClFN5O2/c15-12-5-10(1-2-13(12)16)19-14(22)20-3-4-23-11(6-20)7-21-9-17-8-18-21/h1-2,5,8-9,11H,3-4,6-7H2,(H,19,22). The maximum atomic E-state index is 13.1. The zero-order valence-corrected chi connectivity index (χ0v) is 12.9. The quantitative estimate of drug-likeness (QED) is 0.928. The van der Waals surface area contributed by atoms with Gasteiger partial charge in [0.1, 0.15) is 18.5 Å². The Bertz CT molecular complexity index is 682. The summed E-state index contributed by atoms with van der Waals surface area (Å²) in [6, 6.07) is 3.78. The van der Waals surface area contributed by atoms with Crippen LogP contribution in [0.3, 0.4) is 0 Å². The second-order valence-corrected chi connectivity index (χ2v) is 5.52. The van der Waals surface area contributed by atoms with E-state index in [9.17, 15) is 9.18 Å². The number of rotatable bonds is 3. The maximum Gasteiger partial charge on any atom is 0.322 e. The monoisotopic (exact) mass is 339 g/mol. The molecule has 23 heavy (non-hydrogen) atoms. The van der Waals surface area contributed by atoms with E-state index in [1.807, 2.05) is 0 Å². The third-order valence-electron chi connectivity index (χ3n) is 3.45. The zero-order chi connectivity index (χ0) is 16.2. The van der Waals surface area contributed by atoms with Crippen molar-refractivity contribution in [3.63, 3.8) is 0 Å². The van der Waals surface area contributed by atoms with Crippen molar-refractivity contribution in [2.24, 2.45) is 0 Å². The molecule has 9 heteroatoms. The molecule has 1 aliphatic rings. The molecule has 0 radical (unpaired) electrons. The van der Waals surface area contributed by atoms with Gasteiger partial charge in [0, 0.05) is 12.2 Å². The zero-order valence-electron chi connectivity index (χ0n) is 12.2. The van der Waals surface area contributed by atoms with Crippen molar-refractivity contribution in [1.29, 1.82) is 0 Å². The highest BCUT2D eigenvalue weighted by molar-refractivity contribution is 6.31. The molecular formula is C14H15ClFN5O2. The van der Waals surface area contributed by atoms with Crippen molar-refractivity contribution >= 4 is 23.3 Å². The molecule has 0 saturated carbocycles. The number of halogens is 2. The third-order valence-corrected chi connectivity index (χ3v) is 3.74. The van der Waals surface area contributed by atoms with E-state index in [1.165, 1.54) is 24.5 Å². The number of ether oxygens (including phenoxy) is 1. The number of benzene rings is 1. The van der Waals surface area contributed by atoms with Gasteiger partial charge < -0.3 is 15.0 Å². The lowest BCUT2D eigenvalue weighted by atomic mass is 10.2. The summed E-state index contributed by atoms with van der Waals surface area (Å²) < 4.78 is 20.4. The normalized spacial score (nSPS) is 18.0. The van der Waals surface area contributed by atoms with E-state index in [0.717, 1.165) is 0 Å². The van der Waals surface area contributed by atoms with Crippen LogP contribution < -0.4 is 5.32 Å². The summed E-state index contributed by atoms with van der Waals surface area (Å²) in [6.45, 7) is 1.87. The fraction of sp³-hybridized carbons (Fsp3) is 0.357. The minimum absolute atomic E-state index is 0.0335. The smallest absolute Gasteiger partial charge is 0.322 e. The average molecular weight is 340 g/mol. The average Bonchev–Trinajstić information content (AvgIpc) is 3.04. The van der Waals surface area contributed by atoms with Gasteiger partial charge in [-0.25, -0.2) is 14.2 Å². The van der Waals surface area contributed by atoms with E-state index >= 15 is 0 Å². The SMILES string of the molecule is O=C(Nc1ccc(F)c(Cl)c1)N1CCOC(Cn2cncn2)C1. The molecule has 1 aliphatic heterocycles. The van der Waals surface area contributed by atoms with Gasteiger partial charge in [0.05, 0.1) is 30.8 Å². The maximum absolute atomic E-state index is 13.1. The van der Waals surface area contributed by atoms with Crippen molar-refractivity contribution in [1.82, 2.24) is 19.7 Å². The highest BCUT2D eigenvalue weighted by Gasteiger charge is 2.25. The van der Waals surface area contributed by atoms with E-state index < -0.39 is 5.82 Å². The lowest BCUT2D eigenvalue weighted by Gasteiger charge is -2.32. The van der Waals surface area contributed by atoms with Crippen LogP contribution in [-0.2, 0) is 11.3 Å². The van der Waals surface area contributed by atoms with Gasteiger partial charge >= 0.3 is 6.03 Å². The van der Waals surface area contributed by atoms with Crippen LogP contribution in [0.25, 0.3) is 0 Å². The first-order valence-corrected chi connectivity index (χ1v) is 7.44. The molecule has 7 nitrogen and oxygen atoms in total. The molecule has 1 N–H and O–H groups in total. The van der Waals surface area contributed by atoms with E-state index in [0.29, 0.717) is 31.9 Å². The molecule has 3 rings (SSSR count). The van der Waals surface area contributed by atoms with E-state index in [2.05, 4.69) is 15.4 Å². The molecule has 1 fully saturated rings. The fourth-order valence-electron chi connectivity index (χ4n) is 2.33. The predicted octanol–water partition coefficient (Wildman–Crippen LogP) is 2.00. The van der Waals surface area contributed by atoms with Crippen molar-refractivity contribution in [3.05, 3.63) is 41.7 Å². The summed E-state index contributed by atoms with van der Waals surface area (Å²) in [4.78, 5) is 17.8. The van der Waals surface area contributed by atoms with Gasteiger partial charge in [-0.1, -0.05) is 11.6 Å². The Hall–Kier alpha value is -2.19. The number of hydrogen-bond donors (Lipinski definition) is 1. The van der Waals surface area contributed by atoms with Crippen molar-refractivity contribution < 1.29 is 13.9 Å². The van der Waals surface area contributed by atoms with Crippen molar-refractivity contribution in [2.45, 2.75) is 12.6 Å². The summed E-state index contributed by atoms with van der Waals surface area (Å²) in [5, 5.41) is 6.69. The molecule has 2 amide bonds. The Balaban J connectivity index is 1.59. The second-order valence-electron chi connectivity index (χ2n) is 5.12. The second kappa shape index (κ2) is 6.93. The molecule has 1 atom stereocenters. The number of nitrogens with zero attached hydrogens (tertiary/aromatic N) is 4. The van der Waals surface area contributed by atoms with Gasteiger partial charge in [0.2, 0.25) is 0 Å². The van der Waals surface area contributed by atoms with Crippen LogP contribution in [0.2, 0.25) is 5.02 Å². The predicted molar refractivity (Wildman–Crippen MR) is 81.8 cm³/mol. The van der Waals surface area contributed by atoms with Crippen LogP contribution in [0.1, 0.15) is 0 Å². The number of carbonyl (C=O) groups is 1. The topological polar surface area (TPSA) is 72.3 Å². The number of urea groups is 1. The van der Waals surface area contributed by atoms with E-state index in [-0.39, 0.29) is 17.2 Å². The van der Waals surface area contributed by atoms with Gasteiger partial charge in [-0.3, -0.25) is 4.68 Å². The van der Waals surface area contributed by atoms with Gasteiger partial charge in [0.15, 0.2) is 0 Å². The highest BCUT2D eigenvalue weighted by atomic mass is 35.5. The Morgan fingerprint density at radius 1 is 1.52 bits per heavy atom. The first kappa shape index (κ1) is 15.7. The number of nitrogens with one attached hydrogen (secondary N) is 1. The summed E-state index contributed by atoms with van der Waals surface area (Å²) in [7, 11) is 0. The molecule has 0 bridgehead atoms. The van der Waals surface area contributed by atoms with Gasteiger partial charge in [-0.05, 0) is 18.2 Å². The number of aromatic nitrogens is 3. The highest BCUT2D eigenvalue weighted by Crippen LogP contribution is 2.20. The Kier molecular flexibility index (Phi) is 4.73. The molecule has 0 aliphatic carbocycles. The molecule has 122 valence electrons. The molecule has 2 heterocycles. The summed E-state index contributed by atoms with van der Waals surface area (Å²) in [5.41, 5.74) is 0.445. The van der Waals surface area contributed by atoms with Crippen LogP contribution in [0.5, 0.6) is 0 Å². The molecule has 1 saturated heterocycles. The Labute approximate surface area is 137 Å². The first-order chi connectivity index (χ1) is 11.1. The van der Waals surface area contributed by atoms with Gasteiger partial charge in [-0.15, -0.1) is 0 Å². The Morgan fingerprint density at radius 3 is 3.13 bits per heavy atom. The van der Waals surface area contributed by atoms with Crippen LogP contribution in [-0.4, -0.2) is 51.5 Å². The van der Waals surface area contributed by atoms with Crippen LogP contribution in [0.4, 0.5) is 14.9 Å². The fourth-order valence-corrected chi connectivity index (χ4v) is 2.51. The van der Waals surface area contributed by atoms with Crippen molar-refractivity contribution in [2.75, 3.05) is 25.0 Å². The van der Waals surface area contributed by atoms with E-state index in [4.69, 9.17) is 16.3 Å². The van der Waals surface area contributed by atoms with Crippen LogP contribution in [0.15, 0.2) is 30.9 Å². The molecule has 1 unspecified atom stereocenters. The lowest BCUT2D eigenvalue weighted by Crippen LogP contribution is -2.48. The third kappa shape index (κ3) is 3.96. The molecule has 1 aromatic heterocycles. The van der Waals surface area contributed by atoms with Crippen molar-refractivity contribution in [3.8, 4) is 0 Å². The number of carbonyl (C=O) groups excluding carboxylic acids is 1. The molecule has 1 aromatic carbocycles. The lowest BCUT2D eigenvalue weighted by molar-refractivity contribution is -0.0220. The number of morpholine rings is 1. The minimum atomic E-state index is -0.524. The van der Waals surface area contributed by atoms with Crippen LogP contribution >= 0.6 is 11.6 Å². The number of anilines is 1. The summed E-state index contributed by atoms with van der Waals surface area (Å²) in [5.74, 6) is -0.524. The van der Waals surface area contributed by atoms with Crippen LogP contribution in [0, 0.1) is 5.82 Å².